The average molecular weight is 358 g/mol. The van der Waals surface area contributed by atoms with Gasteiger partial charge in [0.05, 0.1) is 0 Å². The monoisotopic (exact) mass is 357 g/mol. The molecule has 0 aliphatic heterocycles. The van der Waals surface area contributed by atoms with E-state index in [9.17, 15) is 0 Å². The van der Waals surface area contributed by atoms with Crippen molar-refractivity contribution in [2.75, 3.05) is 6.54 Å². The Bertz CT molecular complexity index is 741. The lowest BCUT2D eigenvalue weighted by Gasteiger charge is -2.60. The third-order valence-corrected chi connectivity index (χ3v) is 7.33. The van der Waals surface area contributed by atoms with Crippen LogP contribution in [0, 0.1) is 17.8 Å². The highest BCUT2D eigenvalue weighted by molar-refractivity contribution is 5.48. The molecule has 4 bridgehead atoms. The Labute approximate surface area is 164 Å². The first-order valence-electron chi connectivity index (χ1n) is 10.8. The summed E-state index contributed by atoms with van der Waals surface area (Å²) in [6.07, 6.45) is 13.5. The molecular formula is C26H31N. The highest BCUT2D eigenvalue weighted by atomic mass is 15.2. The molecule has 2 aromatic carbocycles. The van der Waals surface area contributed by atoms with Crippen molar-refractivity contribution in [3.05, 3.63) is 77.9 Å². The standard InChI is InChI=1S/C26H31N/c1-3-8-21(9-4-1)12-7-13-27(20-22-10-5-2-6-11-22)26-17-23-14-24(18-26)16-25(15-23)19-26/h1-12,23-25H,13-20H2/b12-7+. The van der Waals surface area contributed by atoms with Gasteiger partial charge in [0.25, 0.3) is 0 Å². The minimum atomic E-state index is 0.450. The summed E-state index contributed by atoms with van der Waals surface area (Å²) < 4.78 is 0. The van der Waals surface area contributed by atoms with Gasteiger partial charge < -0.3 is 0 Å². The summed E-state index contributed by atoms with van der Waals surface area (Å²) in [5.41, 5.74) is 3.22. The first-order chi connectivity index (χ1) is 13.3. The van der Waals surface area contributed by atoms with Crippen LogP contribution in [0.4, 0.5) is 0 Å². The van der Waals surface area contributed by atoms with Crippen molar-refractivity contribution in [3.8, 4) is 0 Å². The molecule has 2 aromatic rings. The molecule has 0 radical (unpaired) electrons. The first kappa shape index (κ1) is 17.3. The highest BCUT2D eigenvalue weighted by Crippen LogP contribution is 2.58. The Morgan fingerprint density at radius 3 is 1.93 bits per heavy atom. The zero-order chi connectivity index (χ0) is 18.1. The Kier molecular flexibility index (Phi) is 4.65. The first-order valence-corrected chi connectivity index (χ1v) is 10.8. The van der Waals surface area contributed by atoms with E-state index in [1.165, 1.54) is 49.7 Å². The van der Waals surface area contributed by atoms with Gasteiger partial charge >= 0.3 is 0 Å². The van der Waals surface area contributed by atoms with Crippen LogP contribution in [-0.2, 0) is 6.54 Å². The van der Waals surface area contributed by atoms with E-state index in [-0.39, 0.29) is 0 Å². The Morgan fingerprint density at radius 2 is 1.33 bits per heavy atom. The molecule has 4 saturated carbocycles. The second-order valence-electron chi connectivity index (χ2n) is 9.32. The van der Waals surface area contributed by atoms with E-state index in [0.717, 1.165) is 30.8 Å². The second-order valence-corrected chi connectivity index (χ2v) is 9.32. The quantitative estimate of drug-likeness (QED) is 0.597. The minimum Gasteiger partial charge on any atom is -0.290 e. The summed E-state index contributed by atoms with van der Waals surface area (Å²) in [5, 5.41) is 0. The Hall–Kier alpha value is -1.86. The van der Waals surface area contributed by atoms with Gasteiger partial charge in [-0.2, -0.15) is 0 Å². The van der Waals surface area contributed by atoms with Gasteiger partial charge in [0.2, 0.25) is 0 Å². The van der Waals surface area contributed by atoms with Gasteiger partial charge in [-0.3, -0.25) is 4.90 Å². The van der Waals surface area contributed by atoms with E-state index in [1.54, 1.807) is 0 Å². The third kappa shape index (κ3) is 3.62. The van der Waals surface area contributed by atoms with Crippen LogP contribution in [0.2, 0.25) is 0 Å². The second kappa shape index (κ2) is 7.28. The summed E-state index contributed by atoms with van der Waals surface area (Å²) in [4.78, 5) is 2.84. The maximum absolute atomic E-state index is 2.84. The summed E-state index contributed by atoms with van der Waals surface area (Å²) in [7, 11) is 0. The number of hydrogen-bond donors (Lipinski definition) is 0. The predicted molar refractivity (Wildman–Crippen MR) is 113 cm³/mol. The fourth-order valence-electron chi connectivity index (χ4n) is 6.56. The van der Waals surface area contributed by atoms with Gasteiger partial charge in [0.1, 0.15) is 0 Å². The van der Waals surface area contributed by atoms with Crippen LogP contribution in [-0.4, -0.2) is 17.0 Å². The molecule has 4 fully saturated rings. The van der Waals surface area contributed by atoms with Crippen molar-refractivity contribution >= 4 is 6.08 Å². The van der Waals surface area contributed by atoms with Crippen molar-refractivity contribution in [1.82, 2.24) is 4.90 Å². The average Bonchev–Trinajstić information content (AvgIpc) is 2.68. The topological polar surface area (TPSA) is 3.24 Å². The molecule has 0 atom stereocenters. The summed E-state index contributed by atoms with van der Waals surface area (Å²) in [6.45, 7) is 2.15. The van der Waals surface area contributed by atoms with Crippen molar-refractivity contribution in [3.63, 3.8) is 0 Å². The van der Waals surface area contributed by atoms with Crippen LogP contribution in [0.5, 0.6) is 0 Å². The van der Waals surface area contributed by atoms with Crippen LogP contribution in [0.15, 0.2) is 66.7 Å². The molecule has 0 heterocycles. The summed E-state index contributed by atoms with van der Waals surface area (Å²) >= 11 is 0. The van der Waals surface area contributed by atoms with Crippen LogP contribution in [0.3, 0.4) is 0 Å². The van der Waals surface area contributed by atoms with Crippen molar-refractivity contribution in [2.24, 2.45) is 17.8 Å². The van der Waals surface area contributed by atoms with Gasteiger partial charge in [-0.1, -0.05) is 72.8 Å². The van der Waals surface area contributed by atoms with Crippen LogP contribution in [0.25, 0.3) is 6.08 Å². The van der Waals surface area contributed by atoms with E-state index >= 15 is 0 Å². The van der Waals surface area contributed by atoms with Gasteiger partial charge in [0.15, 0.2) is 0 Å². The van der Waals surface area contributed by atoms with Gasteiger partial charge in [0, 0.05) is 18.6 Å². The Balaban J connectivity index is 1.39. The molecule has 4 aliphatic rings. The van der Waals surface area contributed by atoms with Gasteiger partial charge in [-0.15, -0.1) is 0 Å². The van der Waals surface area contributed by atoms with Crippen molar-refractivity contribution < 1.29 is 0 Å². The molecule has 140 valence electrons. The number of hydrogen-bond acceptors (Lipinski definition) is 1. The van der Waals surface area contributed by atoms with E-state index in [4.69, 9.17) is 0 Å². The molecule has 27 heavy (non-hydrogen) atoms. The molecule has 6 rings (SSSR count). The number of nitrogens with zero attached hydrogens (tertiary/aromatic N) is 1. The third-order valence-electron chi connectivity index (χ3n) is 7.33. The van der Waals surface area contributed by atoms with E-state index < -0.39 is 0 Å². The Morgan fingerprint density at radius 1 is 0.778 bits per heavy atom. The highest BCUT2D eigenvalue weighted by Gasteiger charge is 2.53. The molecule has 0 N–H and O–H groups in total. The lowest BCUT2D eigenvalue weighted by Crippen LogP contribution is -2.59. The largest absolute Gasteiger partial charge is 0.290 e. The van der Waals surface area contributed by atoms with Crippen LogP contribution >= 0.6 is 0 Å². The molecule has 0 spiro atoms. The summed E-state index contributed by atoms with van der Waals surface area (Å²) in [5.74, 6) is 2.98. The van der Waals surface area contributed by atoms with E-state index in [1.807, 2.05) is 0 Å². The maximum Gasteiger partial charge on any atom is 0.0242 e. The fourth-order valence-corrected chi connectivity index (χ4v) is 6.56. The molecule has 0 saturated heterocycles. The maximum atomic E-state index is 2.84. The normalized spacial score (nSPS) is 31.8. The van der Waals surface area contributed by atoms with Crippen molar-refractivity contribution in [1.29, 1.82) is 0 Å². The smallest absolute Gasteiger partial charge is 0.0242 e. The minimum absolute atomic E-state index is 0.450. The zero-order valence-corrected chi connectivity index (χ0v) is 16.3. The van der Waals surface area contributed by atoms with Gasteiger partial charge in [-0.25, -0.2) is 0 Å². The SMILES string of the molecule is C(=C\c1ccccc1)/CN(Cc1ccccc1)C12CC3CC(CC(C3)C1)C2. The molecule has 4 aliphatic carbocycles. The summed E-state index contributed by atoms with van der Waals surface area (Å²) in [6, 6.07) is 21.8. The lowest BCUT2D eigenvalue weighted by molar-refractivity contribution is -0.0881. The molecule has 1 nitrogen and oxygen atoms in total. The predicted octanol–water partition coefficient (Wildman–Crippen LogP) is 6.17. The zero-order valence-electron chi connectivity index (χ0n) is 16.3. The van der Waals surface area contributed by atoms with E-state index in [0.29, 0.717) is 5.54 Å². The molecule has 0 unspecified atom stereocenters. The number of benzene rings is 2. The van der Waals surface area contributed by atoms with Gasteiger partial charge in [-0.05, 0) is 67.4 Å². The molecule has 0 aromatic heterocycles. The molecule has 1 heteroatoms. The lowest BCUT2D eigenvalue weighted by atomic mass is 9.52. The van der Waals surface area contributed by atoms with Crippen LogP contribution < -0.4 is 0 Å². The number of rotatable bonds is 6. The van der Waals surface area contributed by atoms with Crippen molar-refractivity contribution in [2.45, 2.75) is 50.6 Å². The molecule has 0 amide bonds. The van der Waals surface area contributed by atoms with Crippen LogP contribution in [0.1, 0.15) is 49.7 Å². The fraction of sp³-hybridized carbons (Fsp3) is 0.462. The molecular weight excluding hydrogens is 326 g/mol. The van der Waals surface area contributed by atoms with E-state index in [2.05, 4.69) is 77.7 Å².